The number of rotatable bonds is 7. The Bertz CT molecular complexity index is 1120. The fourth-order valence-corrected chi connectivity index (χ4v) is 4.58. The second kappa shape index (κ2) is 8.22. The van der Waals surface area contributed by atoms with E-state index in [2.05, 4.69) is 0 Å². The first-order chi connectivity index (χ1) is 15.2. The van der Waals surface area contributed by atoms with Gasteiger partial charge < -0.3 is 28.6 Å². The molecule has 2 aliphatic rings. The van der Waals surface area contributed by atoms with Gasteiger partial charge in [-0.25, -0.2) is 9.18 Å². The van der Waals surface area contributed by atoms with Gasteiger partial charge in [0.25, 0.3) is 0 Å². The van der Waals surface area contributed by atoms with E-state index in [-0.39, 0.29) is 5.69 Å². The normalized spacial score (nSPS) is 20.3. The van der Waals surface area contributed by atoms with E-state index < -0.39 is 40.3 Å². The van der Waals surface area contributed by atoms with Crippen LogP contribution in [0.1, 0.15) is 48.3 Å². The van der Waals surface area contributed by atoms with Gasteiger partial charge in [0.15, 0.2) is 17.3 Å². The summed E-state index contributed by atoms with van der Waals surface area (Å²) >= 11 is 0. The van der Waals surface area contributed by atoms with Gasteiger partial charge in [0.1, 0.15) is 11.7 Å². The quantitative estimate of drug-likeness (QED) is 0.650. The number of ether oxygens (including phenoxy) is 4. The van der Waals surface area contributed by atoms with E-state index >= 15 is 4.39 Å². The van der Waals surface area contributed by atoms with Crippen LogP contribution in [-0.4, -0.2) is 49.7 Å². The lowest BCUT2D eigenvalue weighted by Crippen LogP contribution is -2.34. The fourth-order valence-electron chi connectivity index (χ4n) is 4.58. The molecule has 2 aliphatic heterocycles. The van der Waals surface area contributed by atoms with Crippen LogP contribution in [-0.2, 0) is 9.47 Å². The molecule has 8 nitrogen and oxygen atoms in total. The van der Waals surface area contributed by atoms with Crippen molar-refractivity contribution in [2.24, 2.45) is 5.41 Å². The van der Waals surface area contributed by atoms with Crippen LogP contribution in [0.25, 0.3) is 11.3 Å². The number of nitrogens with zero attached hydrogens (tertiary/aromatic N) is 1. The van der Waals surface area contributed by atoms with Gasteiger partial charge in [0, 0.05) is 37.3 Å². The standard InChI is InChI=1S/C23H26FNO7/c1-23(2)11-32-20-13-9-16(31-7-5-6-29-3)15(30-4)8-12(13)18-17(24)19(26)14(22(27)28)10-25(18)21(20)23/h8-10,20-21H,5-7,11H2,1-4H3,(H,27,28)/t20-,21+/m1/s1. The van der Waals surface area contributed by atoms with Crippen LogP contribution in [0.3, 0.4) is 0 Å². The molecule has 0 saturated carbocycles. The van der Waals surface area contributed by atoms with Crippen LogP contribution >= 0.6 is 0 Å². The average Bonchev–Trinajstić information content (AvgIpc) is 3.08. The molecule has 4 rings (SSSR count). The summed E-state index contributed by atoms with van der Waals surface area (Å²) < 4.78 is 39.4. The molecule has 1 N–H and O–H groups in total. The number of hydrogen-bond donors (Lipinski definition) is 1. The topological polar surface area (TPSA) is 96.2 Å². The number of methoxy groups -OCH3 is 2. The van der Waals surface area contributed by atoms with Crippen LogP contribution in [0.5, 0.6) is 11.5 Å². The third kappa shape index (κ3) is 3.45. The molecule has 1 fully saturated rings. The van der Waals surface area contributed by atoms with E-state index in [9.17, 15) is 14.7 Å². The monoisotopic (exact) mass is 447 g/mol. The highest BCUT2D eigenvalue weighted by Crippen LogP contribution is 2.56. The molecule has 2 aromatic rings. The Labute approximate surface area is 184 Å². The summed E-state index contributed by atoms with van der Waals surface area (Å²) in [6.45, 7) is 5.26. The third-order valence-electron chi connectivity index (χ3n) is 6.08. The number of carbonyl (C=O) groups is 1. The Kier molecular flexibility index (Phi) is 5.72. The summed E-state index contributed by atoms with van der Waals surface area (Å²) in [5, 5.41) is 9.44. The first-order valence-electron chi connectivity index (χ1n) is 10.3. The van der Waals surface area contributed by atoms with Gasteiger partial charge in [-0.2, -0.15) is 0 Å². The van der Waals surface area contributed by atoms with Crippen LogP contribution in [0.4, 0.5) is 4.39 Å². The fraction of sp³-hybridized carbons (Fsp3) is 0.478. The molecule has 1 saturated heterocycles. The minimum atomic E-state index is -1.47. The van der Waals surface area contributed by atoms with Crippen molar-refractivity contribution in [1.29, 1.82) is 0 Å². The molecule has 0 amide bonds. The summed E-state index contributed by atoms with van der Waals surface area (Å²) in [6.07, 6.45) is 1.43. The molecular weight excluding hydrogens is 421 g/mol. The lowest BCUT2D eigenvalue weighted by molar-refractivity contribution is 0.0690. The molecule has 0 radical (unpaired) electrons. The van der Waals surface area contributed by atoms with E-state index in [1.165, 1.54) is 13.3 Å². The summed E-state index contributed by atoms with van der Waals surface area (Å²) in [5.41, 5.74) is -1.08. The van der Waals surface area contributed by atoms with Crippen LogP contribution in [0.15, 0.2) is 23.1 Å². The molecular formula is C23H26FNO7. The van der Waals surface area contributed by atoms with Crippen molar-refractivity contribution in [3.05, 3.63) is 45.5 Å². The minimum absolute atomic E-state index is 0.0269. The lowest BCUT2D eigenvalue weighted by Gasteiger charge is -2.38. The molecule has 1 aromatic carbocycles. The summed E-state index contributed by atoms with van der Waals surface area (Å²) in [5.74, 6) is -1.73. The van der Waals surface area contributed by atoms with Crippen molar-refractivity contribution in [3.63, 3.8) is 0 Å². The average molecular weight is 447 g/mol. The first-order valence-corrected chi connectivity index (χ1v) is 10.3. The van der Waals surface area contributed by atoms with E-state index in [4.69, 9.17) is 18.9 Å². The Morgan fingerprint density at radius 3 is 2.69 bits per heavy atom. The van der Waals surface area contributed by atoms with Gasteiger partial charge in [-0.05, 0) is 17.7 Å². The highest BCUT2D eigenvalue weighted by molar-refractivity contribution is 5.88. The van der Waals surface area contributed by atoms with Crippen molar-refractivity contribution in [3.8, 4) is 22.8 Å². The van der Waals surface area contributed by atoms with E-state index in [1.54, 1.807) is 23.8 Å². The number of aromatic carboxylic acids is 1. The predicted molar refractivity (Wildman–Crippen MR) is 113 cm³/mol. The number of benzene rings is 1. The van der Waals surface area contributed by atoms with Crippen molar-refractivity contribution in [1.82, 2.24) is 4.57 Å². The van der Waals surface area contributed by atoms with Crippen molar-refractivity contribution in [2.75, 3.05) is 34.0 Å². The number of aromatic nitrogens is 1. The molecule has 1 aromatic heterocycles. The number of hydrogen-bond acceptors (Lipinski definition) is 6. The maximum Gasteiger partial charge on any atom is 0.341 e. The molecule has 3 heterocycles. The second-order valence-electron chi connectivity index (χ2n) is 8.70. The van der Waals surface area contributed by atoms with E-state index in [0.29, 0.717) is 48.9 Å². The molecule has 9 heteroatoms. The number of carboxylic acids is 1. The van der Waals surface area contributed by atoms with Crippen molar-refractivity contribution < 1.29 is 33.2 Å². The maximum atomic E-state index is 15.4. The lowest BCUT2D eigenvalue weighted by atomic mass is 9.78. The van der Waals surface area contributed by atoms with Crippen LogP contribution < -0.4 is 14.9 Å². The number of pyridine rings is 1. The molecule has 172 valence electrons. The van der Waals surface area contributed by atoms with E-state index in [1.807, 2.05) is 13.8 Å². The SMILES string of the molecule is COCCCOc1cc2c(cc1OC)-c1c(F)c(=O)c(C(=O)O)cn1[C@H]1[C@@H]2OCC1(C)C. The Hall–Kier alpha value is -2.91. The minimum Gasteiger partial charge on any atom is -0.493 e. The predicted octanol–water partition coefficient (Wildman–Crippen LogP) is 3.43. The van der Waals surface area contributed by atoms with Crippen molar-refractivity contribution >= 4 is 5.97 Å². The van der Waals surface area contributed by atoms with Gasteiger partial charge in [0.05, 0.1) is 32.1 Å². The van der Waals surface area contributed by atoms with E-state index in [0.717, 1.165) is 0 Å². The Morgan fingerprint density at radius 2 is 2.03 bits per heavy atom. The molecule has 2 atom stereocenters. The summed E-state index contributed by atoms with van der Waals surface area (Å²) in [4.78, 5) is 24.1. The third-order valence-corrected chi connectivity index (χ3v) is 6.08. The summed E-state index contributed by atoms with van der Waals surface area (Å²) in [6, 6.07) is 2.96. The molecule has 0 aliphatic carbocycles. The highest BCUT2D eigenvalue weighted by atomic mass is 19.1. The van der Waals surface area contributed by atoms with Crippen molar-refractivity contribution in [2.45, 2.75) is 32.4 Å². The molecule has 32 heavy (non-hydrogen) atoms. The van der Waals surface area contributed by atoms with Gasteiger partial charge in [-0.15, -0.1) is 0 Å². The smallest absolute Gasteiger partial charge is 0.341 e. The summed E-state index contributed by atoms with van der Waals surface area (Å²) in [7, 11) is 3.09. The van der Waals surface area contributed by atoms with Crippen LogP contribution in [0, 0.1) is 11.2 Å². The highest BCUT2D eigenvalue weighted by Gasteiger charge is 2.50. The zero-order valence-corrected chi connectivity index (χ0v) is 18.4. The zero-order chi connectivity index (χ0) is 23.2. The van der Waals surface area contributed by atoms with Gasteiger partial charge in [-0.3, -0.25) is 4.79 Å². The number of fused-ring (bicyclic) bond motifs is 6. The van der Waals surface area contributed by atoms with Gasteiger partial charge in [-0.1, -0.05) is 13.8 Å². The molecule has 0 unspecified atom stereocenters. The Balaban J connectivity index is 1.94. The number of carboxylic acid groups (broad SMARTS) is 1. The maximum absolute atomic E-state index is 15.4. The van der Waals surface area contributed by atoms with Gasteiger partial charge >= 0.3 is 5.97 Å². The number of halogens is 1. The first kappa shape index (κ1) is 22.3. The zero-order valence-electron chi connectivity index (χ0n) is 18.4. The molecule has 0 bridgehead atoms. The largest absolute Gasteiger partial charge is 0.493 e. The van der Waals surface area contributed by atoms with Crippen LogP contribution in [0.2, 0.25) is 0 Å². The second-order valence-corrected chi connectivity index (χ2v) is 8.70. The molecule has 0 spiro atoms. The van der Waals surface area contributed by atoms with Gasteiger partial charge in [0.2, 0.25) is 5.43 Å². The Morgan fingerprint density at radius 1 is 1.28 bits per heavy atom.